The molecule has 0 N–H and O–H groups in total. The monoisotopic (exact) mass is 301 g/mol. The van der Waals surface area contributed by atoms with Crippen molar-refractivity contribution in [3.63, 3.8) is 0 Å². The van der Waals surface area contributed by atoms with E-state index in [-0.39, 0.29) is 0 Å². The molecule has 1 amide bonds. The molecule has 2 nitrogen and oxygen atoms in total. The lowest BCUT2D eigenvalue weighted by Gasteiger charge is -2.28. The standard InChI is InChI=1S/C14H24BrNO/c1-11-7-8-16(13(11)10-15)14(17)9-12-5-3-2-4-6-12/h11-13H,2-10H2,1H3. The Morgan fingerprint density at radius 1 is 1.24 bits per heavy atom. The number of carbonyl (C=O) groups is 1. The van der Waals surface area contributed by atoms with Crippen LogP contribution in [0.1, 0.15) is 51.9 Å². The third kappa shape index (κ3) is 3.24. The lowest BCUT2D eigenvalue weighted by molar-refractivity contribution is -0.133. The third-order valence-corrected chi connectivity index (χ3v) is 5.21. The maximum absolute atomic E-state index is 12.3. The van der Waals surface area contributed by atoms with Gasteiger partial charge in [0.1, 0.15) is 0 Å². The van der Waals surface area contributed by atoms with E-state index in [4.69, 9.17) is 0 Å². The van der Waals surface area contributed by atoms with E-state index in [1.54, 1.807) is 0 Å². The summed E-state index contributed by atoms with van der Waals surface area (Å²) in [6, 6.07) is 0.436. The fourth-order valence-corrected chi connectivity index (χ4v) is 4.30. The number of likely N-dealkylation sites (tertiary alicyclic amines) is 1. The Labute approximate surface area is 113 Å². The molecule has 1 aliphatic carbocycles. The van der Waals surface area contributed by atoms with Gasteiger partial charge < -0.3 is 4.90 Å². The number of amides is 1. The molecule has 2 atom stereocenters. The van der Waals surface area contributed by atoms with Gasteiger partial charge in [0.25, 0.3) is 0 Å². The summed E-state index contributed by atoms with van der Waals surface area (Å²) in [7, 11) is 0. The van der Waals surface area contributed by atoms with E-state index in [2.05, 4.69) is 27.8 Å². The molecule has 2 rings (SSSR count). The molecule has 2 fully saturated rings. The molecule has 17 heavy (non-hydrogen) atoms. The Bertz CT molecular complexity index is 263. The molecule has 1 saturated carbocycles. The van der Waals surface area contributed by atoms with Gasteiger partial charge >= 0.3 is 0 Å². The molecule has 0 spiro atoms. The molecule has 98 valence electrons. The number of rotatable bonds is 3. The van der Waals surface area contributed by atoms with Gasteiger partial charge in [-0.05, 0) is 31.1 Å². The highest BCUT2D eigenvalue weighted by molar-refractivity contribution is 9.09. The molecule has 0 aromatic carbocycles. The number of halogens is 1. The first-order valence-corrected chi connectivity index (χ1v) is 8.20. The summed E-state index contributed by atoms with van der Waals surface area (Å²) >= 11 is 3.56. The molecular weight excluding hydrogens is 278 g/mol. The minimum atomic E-state index is 0.408. The predicted octanol–water partition coefficient (Wildman–Crippen LogP) is 3.59. The van der Waals surface area contributed by atoms with Crippen molar-refractivity contribution in [1.29, 1.82) is 0 Å². The average molecular weight is 302 g/mol. The summed E-state index contributed by atoms with van der Waals surface area (Å²) < 4.78 is 0. The number of alkyl halides is 1. The second-order valence-electron chi connectivity index (χ2n) is 5.78. The molecule has 1 aliphatic heterocycles. The highest BCUT2D eigenvalue weighted by Crippen LogP contribution is 2.30. The Balaban J connectivity index is 1.86. The molecule has 0 radical (unpaired) electrons. The van der Waals surface area contributed by atoms with Crippen molar-refractivity contribution < 1.29 is 4.79 Å². The van der Waals surface area contributed by atoms with Crippen molar-refractivity contribution in [1.82, 2.24) is 4.90 Å². The highest BCUT2D eigenvalue weighted by atomic mass is 79.9. The summed E-state index contributed by atoms with van der Waals surface area (Å²) in [6.45, 7) is 3.24. The maximum atomic E-state index is 12.3. The van der Waals surface area contributed by atoms with Crippen LogP contribution in [0.2, 0.25) is 0 Å². The zero-order chi connectivity index (χ0) is 12.3. The largest absolute Gasteiger partial charge is 0.339 e. The number of hydrogen-bond donors (Lipinski definition) is 0. The van der Waals surface area contributed by atoms with Crippen LogP contribution in [0, 0.1) is 11.8 Å². The van der Waals surface area contributed by atoms with E-state index < -0.39 is 0 Å². The SMILES string of the molecule is CC1CCN(C(=O)CC2CCCCC2)C1CBr. The van der Waals surface area contributed by atoms with Gasteiger partial charge in [-0.2, -0.15) is 0 Å². The van der Waals surface area contributed by atoms with Gasteiger partial charge in [-0.3, -0.25) is 4.79 Å². The maximum Gasteiger partial charge on any atom is 0.223 e. The quantitative estimate of drug-likeness (QED) is 0.730. The molecule has 2 aliphatic rings. The van der Waals surface area contributed by atoms with Crippen molar-refractivity contribution >= 4 is 21.8 Å². The van der Waals surface area contributed by atoms with Gasteiger partial charge in [0, 0.05) is 24.3 Å². The van der Waals surface area contributed by atoms with E-state index in [1.165, 1.54) is 38.5 Å². The molecule has 3 heteroatoms. The van der Waals surface area contributed by atoms with Gasteiger partial charge in [-0.1, -0.05) is 42.1 Å². The lowest BCUT2D eigenvalue weighted by Crippen LogP contribution is -2.39. The number of nitrogens with zero attached hydrogens (tertiary/aromatic N) is 1. The fraction of sp³-hybridized carbons (Fsp3) is 0.929. The van der Waals surface area contributed by atoms with Gasteiger partial charge in [-0.25, -0.2) is 0 Å². The van der Waals surface area contributed by atoms with E-state index in [0.717, 1.165) is 18.3 Å². The molecule has 2 unspecified atom stereocenters. The minimum Gasteiger partial charge on any atom is -0.339 e. The van der Waals surface area contributed by atoms with E-state index in [0.29, 0.717) is 23.8 Å². The first kappa shape index (κ1) is 13.4. The van der Waals surface area contributed by atoms with Crippen LogP contribution in [-0.2, 0) is 4.79 Å². The summed E-state index contributed by atoms with van der Waals surface area (Å²) in [5, 5.41) is 0.935. The van der Waals surface area contributed by atoms with Crippen LogP contribution in [-0.4, -0.2) is 28.7 Å². The topological polar surface area (TPSA) is 20.3 Å². The highest BCUT2D eigenvalue weighted by Gasteiger charge is 2.34. The van der Waals surface area contributed by atoms with Crippen molar-refractivity contribution in [2.45, 2.75) is 57.9 Å². The zero-order valence-electron chi connectivity index (χ0n) is 10.8. The Kier molecular flexibility index (Phi) is 4.89. The van der Waals surface area contributed by atoms with Crippen LogP contribution in [0.5, 0.6) is 0 Å². The summed E-state index contributed by atoms with van der Waals surface area (Å²) in [6.07, 6.45) is 8.55. The smallest absolute Gasteiger partial charge is 0.223 e. The summed E-state index contributed by atoms with van der Waals surface area (Å²) in [5.41, 5.74) is 0. The third-order valence-electron chi connectivity index (χ3n) is 4.55. The number of carbonyl (C=O) groups excluding carboxylic acids is 1. The Morgan fingerprint density at radius 2 is 1.94 bits per heavy atom. The minimum absolute atomic E-state index is 0.408. The first-order chi connectivity index (χ1) is 8.22. The molecule has 1 heterocycles. The predicted molar refractivity (Wildman–Crippen MR) is 74.3 cm³/mol. The van der Waals surface area contributed by atoms with Crippen LogP contribution in [0.4, 0.5) is 0 Å². The average Bonchev–Trinajstić information content (AvgIpc) is 2.71. The van der Waals surface area contributed by atoms with Crippen LogP contribution < -0.4 is 0 Å². The Morgan fingerprint density at radius 3 is 2.59 bits per heavy atom. The van der Waals surface area contributed by atoms with Crippen LogP contribution in [0.25, 0.3) is 0 Å². The van der Waals surface area contributed by atoms with Crippen LogP contribution in [0.15, 0.2) is 0 Å². The first-order valence-electron chi connectivity index (χ1n) is 7.07. The lowest BCUT2D eigenvalue weighted by atomic mass is 9.86. The Hall–Kier alpha value is -0.0500. The molecular formula is C14H24BrNO. The van der Waals surface area contributed by atoms with Crippen molar-refractivity contribution in [2.75, 3.05) is 11.9 Å². The van der Waals surface area contributed by atoms with Gasteiger partial charge in [0.2, 0.25) is 5.91 Å². The molecule has 0 aromatic rings. The zero-order valence-corrected chi connectivity index (χ0v) is 12.4. The van der Waals surface area contributed by atoms with E-state index >= 15 is 0 Å². The van der Waals surface area contributed by atoms with Crippen molar-refractivity contribution in [3.05, 3.63) is 0 Å². The fourth-order valence-electron chi connectivity index (χ4n) is 3.31. The van der Waals surface area contributed by atoms with Crippen LogP contribution >= 0.6 is 15.9 Å². The van der Waals surface area contributed by atoms with Gasteiger partial charge in [0.05, 0.1) is 0 Å². The number of hydrogen-bond acceptors (Lipinski definition) is 1. The van der Waals surface area contributed by atoms with Gasteiger partial charge in [0.15, 0.2) is 0 Å². The molecule has 0 bridgehead atoms. The second kappa shape index (κ2) is 6.21. The molecule has 0 aromatic heterocycles. The van der Waals surface area contributed by atoms with Gasteiger partial charge in [-0.15, -0.1) is 0 Å². The summed E-state index contributed by atoms with van der Waals surface area (Å²) in [4.78, 5) is 14.5. The van der Waals surface area contributed by atoms with Crippen LogP contribution in [0.3, 0.4) is 0 Å². The normalized spacial score (nSPS) is 30.8. The van der Waals surface area contributed by atoms with Crippen molar-refractivity contribution in [3.8, 4) is 0 Å². The van der Waals surface area contributed by atoms with Crippen molar-refractivity contribution in [2.24, 2.45) is 11.8 Å². The summed E-state index contributed by atoms with van der Waals surface area (Å²) in [5.74, 6) is 1.73. The molecule has 1 saturated heterocycles. The van der Waals surface area contributed by atoms with E-state index in [9.17, 15) is 4.79 Å². The second-order valence-corrected chi connectivity index (χ2v) is 6.43. The van der Waals surface area contributed by atoms with E-state index in [1.807, 2.05) is 0 Å².